The molecule has 1 fully saturated rings. The predicted molar refractivity (Wildman–Crippen MR) is 153 cm³/mol. The number of hydrogen-bond acceptors (Lipinski definition) is 5. The molecule has 4 aromatic rings. The first-order valence-electron chi connectivity index (χ1n) is 13.5. The fourth-order valence-corrected chi connectivity index (χ4v) is 5.85. The van der Waals surface area contributed by atoms with Crippen LogP contribution in [0.2, 0.25) is 0 Å². The summed E-state index contributed by atoms with van der Waals surface area (Å²) in [6, 6.07) is 16.5. The van der Waals surface area contributed by atoms with Crippen molar-refractivity contribution >= 4 is 17.2 Å². The molecule has 1 aliphatic rings. The molecule has 2 aromatic carbocycles. The molecule has 39 heavy (non-hydrogen) atoms. The third kappa shape index (κ3) is 6.45. The Morgan fingerprint density at radius 3 is 2.54 bits per heavy atom. The van der Waals surface area contributed by atoms with Crippen LogP contribution < -0.4 is 5.32 Å². The molecule has 1 saturated heterocycles. The normalized spacial score (nSPS) is 15.3. The summed E-state index contributed by atoms with van der Waals surface area (Å²) < 4.78 is 21.2. The highest BCUT2D eigenvalue weighted by atomic mass is 32.1. The van der Waals surface area contributed by atoms with Gasteiger partial charge in [0.2, 0.25) is 5.91 Å². The number of benzene rings is 2. The fraction of sp³-hybridized carbons (Fsp3) is 0.387. The first-order valence-corrected chi connectivity index (χ1v) is 14.4. The Labute approximate surface area is 233 Å². The van der Waals surface area contributed by atoms with E-state index in [0.29, 0.717) is 18.9 Å². The van der Waals surface area contributed by atoms with Crippen LogP contribution in [0.1, 0.15) is 50.8 Å². The molecule has 1 unspecified atom stereocenters. The van der Waals surface area contributed by atoms with Crippen LogP contribution in [-0.4, -0.2) is 40.4 Å². The molecule has 1 amide bonds. The van der Waals surface area contributed by atoms with Gasteiger partial charge in [-0.05, 0) is 75.8 Å². The van der Waals surface area contributed by atoms with Gasteiger partial charge in [-0.2, -0.15) is 5.10 Å². The molecule has 0 aliphatic carbocycles. The van der Waals surface area contributed by atoms with Gasteiger partial charge in [-0.15, -0.1) is 11.3 Å². The van der Waals surface area contributed by atoms with Gasteiger partial charge in [0, 0.05) is 30.7 Å². The highest BCUT2D eigenvalue weighted by Crippen LogP contribution is 2.38. The van der Waals surface area contributed by atoms with Crippen molar-refractivity contribution in [2.24, 2.45) is 5.92 Å². The van der Waals surface area contributed by atoms with E-state index in [0.717, 1.165) is 59.1 Å². The Hall–Kier alpha value is -3.36. The van der Waals surface area contributed by atoms with Crippen LogP contribution in [0.3, 0.4) is 0 Å². The summed E-state index contributed by atoms with van der Waals surface area (Å²) in [6.45, 7) is 8.41. The Morgan fingerprint density at radius 1 is 1.13 bits per heavy atom. The van der Waals surface area contributed by atoms with Gasteiger partial charge in [0.1, 0.15) is 10.8 Å². The van der Waals surface area contributed by atoms with E-state index in [-0.39, 0.29) is 17.3 Å². The average molecular weight is 547 g/mol. The van der Waals surface area contributed by atoms with Crippen LogP contribution in [0.4, 0.5) is 4.39 Å². The first kappa shape index (κ1) is 27.2. The largest absolute Gasteiger partial charge is 0.381 e. The standard InChI is InChI=1S/C31H35FN4O2S/c1-31(2,3)36-28(23-9-11-24(32)12-10-23)26(19-34-36)30-35-27(20-39-30)25(17-21-7-5-4-6-8-21)29(37)33-18-22-13-15-38-16-14-22/h4-12,19-20,22,25H,13-18H2,1-3H3,(H,33,37). The minimum Gasteiger partial charge on any atom is -0.381 e. The lowest BCUT2D eigenvalue weighted by Crippen LogP contribution is -2.36. The molecule has 1 N–H and O–H groups in total. The molecule has 6 nitrogen and oxygen atoms in total. The van der Waals surface area contributed by atoms with Crippen molar-refractivity contribution in [2.45, 2.75) is 51.5 Å². The summed E-state index contributed by atoms with van der Waals surface area (Å²) in [7, 11) is 0. The summed E-state index contributed by atoms with van der Waals surface area (Å²) >= 11 is 1.51. The average Bonchev–Trinajstić information content (AvgIpc) is 3.60. The molecule has 2 aromatic heterocycles. The second-order valence-electron chi connectivity index (χ2n) is 11.1. The molecule has 0 spiro atoms. The van der Waals surface area contributed by atoms with Crippen molar-refractivity contribution in [3.8, 4) is 21.8 Å². The number of ether oxygens (including phenoxy) is 1. The highest BCUT2D eigenvalue weighted by Gasteiger charge is 2.28. The summed E-state index contributed by atoms with van der Waals surface area (Å²) in [4.78, 5) is 18.6. The third-order valence-electron chi connectivity index (χ3n) is 7.14. The van der Waals surface area contributed by atoms with Crippen molar-refractivity contribution < 1.29 is 13.9 Å². The Kier molecular flexibility index (Phi) is 8.23. The lowest BCUT2D eigenvalue weighted by Gasteiger charge is -2.23. The van der Waals surface area contributed by atoms with Crippen LogP contribution in [0.25, 0.3) is 21.8 Å². The van der Waals surface area contributed by atoms with E-state index < -0.39 is 5.92 Å². The molecule has 204 valence electrons. The summed E-state index contributed by atoms with van der Waals surface area (Å²) in [5.74, 6) is -0.266. The van der Waals surface area contributed by atoms with Crippen molar-refractivity contribution in [3.05, 3.63) is 83.2 Å². The molecule has 1 atom stereocenters. The zero-order valence-corrected chi connectivity index (χ0v) is 23.5. The summed E-state index contributed by atoms with van der Waals surface area (Å²) in [5, 5.41) is 10.7. The lowest BCUT2D eigenvalue weighted by molar-refractivity contribution is -0.123. The van der Waals surface area contributed by atoms with Crippen LogP contribution >= 0.6 is 11.3 Å². The van der Waals surface area contributed by atoms with E-state index in [1.54, 1.807) is 12.1 Å². The smallest absolute Gasteiger partial charge is 0.229 e. The Balaban J connectivity index is 1.47. The number of thiazole rings is 1. The van der Waals surface area contributed by atoms with Gasteiger partial charge in [-0.3, -0.25) is 9.48 Å². The van der Waals surface area contributed by atoms with E-state index in [2.05, 4.69) is 26.1 Å². The number of amides is 1. The number of hydrogen-bond donors (Lipinski definition) is 1. The second kappa shape index (κ2) is 11.8. The maximum Gasteiger partial charge on any atom is 0.229 e. The van der Waals surface area contributed by atoms with Crippen molar-refractivity contribution in [2.75, 3.05) is 19.8 Å². The Morgan fingerprint density at radius 2 is 1.85 bits per heavy atom. The maximum atomic E-state index is 13.7. The molecule has 0 radical (unpaired) electrons. The van der Waals surface area contributed by atoms with Gasteiger partial charge in [-0.25, -0.2) is 9.37 Å². The minimum atomic E-state index is -0.413. The molecular formula is C31H35FN4O2S. The molecule has 0 bridgehead atoms. The van der Waals surface area contributed by atoms with Crippen LogP contribution in [0, 0.1) is 11.7 Å². The zero-order chi connectivity index (χ0) is 27.4. The fourth-order valence-electron chi connectivity index (χ4n) is 4.97. The number of halogens is 1. The number of carbonyl (C=O) groups is 1. The van der Waals surface area contributed by atoms with Gasteiger partial charge in [0.05, 0.1) is 34.6 Å². The van der Waals surface area contributed by atoms with Crippen molar-refractivity contribution in [1.82, 2.24) is 20.1 Å². The minimum absolute atomic E-state index is 0.00802. The van der Waals surface area contributed by atoms with E-state index in [1.165, 1.54) is 23.5 Å². The highest BCUT2D eigenvalue weighted by molar-refractivity contribution is 7.13. The topological polar surface area (TPSA) is 69.0 Å². The number of nitrogens with zero attached hydrogens (tertiary/aromatic N) is 3. The lowest BCUT2D eigenvalue weighted by atomic mass is 9.95. The third-order valence-corrected chi connectivity index (χ3v) is 8.03. The second-order valence-corrected chi connectivity index (χ2v) is 12.0. The van der Waals surface area contributed by atoms with Crippen LogP contribution in [-0.2, 0) is 21.5 Å². The van der Waals surface area contributed by atoms with Crippen molar-refractivity contribution in [3.63, 3.8) is 0 Å². The SMILES string of the molecule is CC(C)(C)n1ncc(-c2nc(C(Cc3ccccc3)C(=O)NCC3CCOCC3)cs2)c1-c1ccc(F)cc1. The van der Waals surface area contributed by atoms with Gasteiger partial charge >= 0.3 is 0 Å². The van der Waals surface area contributed by atoms with Crippen LogP contribution in [0.15, 0.2) is 66.2 Å². The van der Waals surface area contributed by atoms with Gasteiger partial charge in [0.25, 0.3) is 0 Å². The Bertz CT molecular complexity index is 1390. The van der Waals surface area contributed by atoms with Gasteiger partial charge in [-0.1, -0.05) is 30.3 Å². The van der Waals surface area contributed by atoms with Gasteiger partial charge in [0.15, 0.2) is 0 Å². The molecule has 0 saturated carbocycles. The summed E-state index contributed by atoms with van der Waals surface area (Å²) in [5.41, 5.74) is 4.16. The maximum absolute atomic E-state index is 13.7. The quantitative estimate of drug-likeness (QED) is 0.276. The molecule has 8 heteroatoms. The van der Waals surface area contributed by atoms with E-state index >= 15 is 0 Å². The van der Waals surface area contributed by atoms with E-state index in [1.807, 2.05) is 46.6 Å². The predicted octanol–water partition coefficient (Wildman–Crippen LogP) is 6.44. The molecule has 5 rings (SSSR count). The number of carbonyl (C=O) groups excluding carboxylic acids is 1. The molecular weight excluding hydrogens is 511 g/mol. The number of rotatable bonds is 8. The van der Waals surface area contributed by atoms with Gasteiger partial charge < -0.3 is 10.1 Å². The number of nitrogens with one attached hydrogen (secondary N) is 1. The van der Waals surface area contributed by atoms with Crippen LogP contribution in [0.5, 0.6) is 0 Å². The number of aromatic nitrogens is 3. The van der Waals surface area contributed by atoms with Crippen molar-refractivity contribution in [1.29, 1.82) is 0 Å². The van der Waals surface area contributed by atoms with E-state index in [9.17, 15) is 9.18 Å². The monoisotopic (exact) mass is 546 g/mol. The molecule has 3 heterocycles. The summed E-state index contributed by atoms with van der Waals surface area (Å²) in [6.07, 6.45) is 4.32. The zero-order valence-electron chi connectivity index (χ0n) is 22.7. The van der Waals surface area contributed by atoms with E-state index in [4.69, 9.17) is 14.8 Å². The first-order chi connectivity index (χ1) is 18.8. The molecule has 1 aliphatic heterocycles.